The van der Waals surface area contributed by atoms with Gasteiger partial charge in [0, 0.05) is 29.7 Å². The van der Waals surface area contributed by atoms with E-state index in [0.717, 1.165) is 17.0 Å². The monoisotopic (exact) mass is 292 g/mol. The van der Waals surface area contributed by atoms with Crippen molar-refractivity contribution < 1.29 is 9.63 Å². The zero-order valence-electron chi connectivity index (χ0n) is 11.1. The Morgan fingerprint density at radius 3 is 2.75 bits per heavy atom. The molecule has 0 radical (unpaired) electrons. The first-order valence-corrected chi connectivity index (χ1v) is 6.76. The Morgan fingerprint density at radius 2 is 2.10 bits per heavy atom. The average Bonchev–Trinajstić information content (AvgIpc) is 2.89. The summed E-state index contributed by atoms with van der Waals surface area (Å²) in [6.45, 7) is 5.66. The number of hydrogen-bond acceptors (Lipinski definition) is 4. The van der Waals surface area contributed by atoms with E-state index in [2.05, 4.69) is 11.7 Å². The minimum atomic E-state index is 0.103. The van der Waals surface area contributed by atoms with Gasteiger partial charge in [0.25, 0.3) is 0 Å². The Balaban J connectivity index is 2.08. The lowest BCUT2D eigenvalue weighted by atomic mass is 10.1. The molecule has 0 atom stereocenters. The smallest absolute Gasteiger partial charge is 0.151 e. The van der Waals surface area contributed by atoms with E-state index < -0.39 is 0 Å². The zero-order valence-corrected chi connectivity index (χ0v) is 11.9. The van der Waals surface area contributed by atoms with Crippen molar-refractivity contribution in [2.24, 2.45) is 0 Å². The van der Waals surface area contributed by atoms with Crippen molar-refractivity contribution in [1.82, 2.24) is 10.1 Å². The van der Waals surface area contributed by atoms with Gasteiger partial charge in [-0.15, -0.1) is 6.58 Å². The summed E-state index contributed by atoms with van der Waals surface area (Å²) in [5.74, 6) is 0.755. The fourth-order valence-electron chi connectivity index (χ4n) is 1.92. The molecule has 20 heavy (non-hydrogen) atoms. The number of hydrogen-bond donors (Lipinski definition) is 1. The molecule has 106 valence electrons. The molecule has 1 aromatic heterocycles. The zero-order chi connectivity index (χ0) is 14.4. The van der Waals surface area contributed by atoms with Crippen molar-refractivity contribution in [2.45, 2.75) is 6.54 Å². The number of aromatic nitrogens is 1. The van der Waals surface area contributed by atoms with Crippen molar-refractivity contribution in [3.63, 3.8) is 0 Å². The highest BCUT2D eigenvalue weighted by Gasteiger charge is 2.10. The molecule has 0 saturated heterocycles. The Kier molecular flexibility index (Phi) is 5.35. The van der Waals surface area contributed by atoms with E-state index in [-0.39, 0.29) is 6.61 Å². The highest BCUT2D eigenvalue weighted by molar-refractivity contribution is 6.30. The van der Waals surface area contributed by atoms with Crippen LogP contribution in [0.2, 0.25) is 5.02 Å². The van der Waals surface area contributed by atoms with E-state index >= 15 is 0 Å². The number of aliphatic hydroxyl groups excluding tert-OH is 1. The second-order valence-corrected chi connectivity index (χ2v) is 4.87. The highest BCUT2D eigenvalue weighted by Crippen LogP contribution is 2.21. The molecule has 0 saturated carbocycles. The Bertz CT molecular complexity index is 551. The molecule has 0 aliphatic heterocycles. The second kappa shape index (κ2) is 7.24. The molecular weight excluding hydrogens is 276 g/mol. The first-order chi connectivity index (χ1) is 9.72. The lowest BCUT2D eigenvalue weighted by Gasteiger charge is -2.16. The minimum Gasteiger partial charge on any atom is -0.395 e. The van der Waals surface area contributed by atoms with E-state index in [0.29, 0.717) is 24.7 Å². The number of rotatable bonds is 7. The molecule has 0 amide bonds. The van der Waals surface area contributed by atoms with Crippen molar-refractivity contribution in [3.05, 3.63) is 53.8 Å². The van der Waals surface area contributed by atoms with Crippen molar-refractivity contribution in [2.75, 3.05) is 19.7 Å². The molecule has 1 N–H and O–H groups in total. The van der Waals surface area contributed by atoms with Crippen LogP contribution in [0.25, 0.3) is 11.3 Å². The molecule has 1 heterocycles. The molecule has 5 heteroatoms. The average molecular weight is 293 g/mol. The molecule has 1 aromatic carbocycles. The first kappa shape index (κ1) is 14.8. The molecule has 0 spiro atoms. The maximum absolute atomic E-state index is 9.02. The summed E-state index contributed by atoms with van der Waals surface area (Å²) in [5, 5.41) is 13.8. The minimum absolute atomic E-state index is 0.103. The number of benzene rings is 1. The van der Waals surface area contributed by atoms with Crippen LogP contribution in [0.1, 0.15) is 5.76 Å². The van der Waals surface area contributed by atoms with Crippen LogP contribution in [0.4, 0.5) is 0 Å². The largest absolute Gasteiger partial charge is 0.395 e. The van der Waals surface area contributed by atoms with Crippen LogP contribution in [0.5, 0.6) is 0 Å². The molecule has 0 aliphatic carbocycles. The van der Waals surface area contributed by atoms with Gasteiger partial charge in [0.1, 0.15) is 5.69 Å². The van der Waals surface area contributed by atoms with Crippen LogP contribution in [0.15, 0.2) is 47.5 Å². The molecular formula is C15H17ClN2O2. The molecule has 0 unspecified atom stereocenters. The Labute approximate surface area is 123 Å². The third kappa shape index (κ3) is 3.93. The van der Waals surface area contributed by atoms with Crippen LogP contribution in [0.3, 0.4) is 0 Å². The maximum atomic E-state index is 9.02. The van der Waals surface area contributed by atoms with Gasteiger partial charge in [-0.25, -0.2) is 0 Å². The van der Waals surface area contributed by atoms with E-state index in [1.807, 2.05) is 35.2 Å². The van der Waals surface area contributed by atoms with Gasteiger partial charge in [-0.3, -0.25) is 4.90 Å². The number of aliphatic hydroxyl groups is 1. The molecule has 0 aliphatic rings. The molecule has 0 bridgehead atoms. The third-order valence-corrected chi connectivity index (χ3v) is 3.13. The third-order valence-electron chi connectivity index (χ3n) is 2.88. The van der Waals surface area contributed by atoms with Crippen molar-refractivity contribution in [3.8, 4) is 11.3 Å². The normalized spacial score (nSPS) is 10.9. The summed E-state index contributed by atoms with van der Waals surface area (Å²) in [5.41, 5.74) is 1.74. The fraction of sp³-hybridized carbons (Fsp3) is 0.267. The summed E-state index contributed by atoms with van der Waals surface area (Å²) in [6.07, 6.45) is 1.80. The van der Waals surface area contributed by atoms with E-state index in [4.69, 9.17) is 21.2 Å². The highest BCUT2D eigenvalue weighted by atomic mass is 35.5. The predicted octanol–water partition coefficient (Wildman–Crippen LogP) is 2.98. The van der Waals surface area contributed by atoms with Gasteiger partial charge in [-0.05, 0) is 12.1 Å². The van der Waals surface area contributed by atoms with E-state index in [1.165, 1.54) is 0 Å². The van der Waals surface area contributed by atoms with Gasteiger partial charge in [-0.2, -0.15) is 0 Å². The summed E-state index contributed by atoms with van der Waals surface area (Å²) in [7, 11) is 0. The van der Waals surface area contributed by atoms with E-state index in [9.17, 15) is 0 Å². The van der Waals surface area contributed by atoms with Gasteiger partial charge >= 0.3 is 0 Å². The predicted molar refractivity (Wildman–Crippen MR) is 79.5 cm³/mol. The number of halogens is 1. The van der Waals surface area contributed by atoms with Crippen molar-refractivity contribution in [1.29, 1.82) is 0 Å². The van der Waals surface area contributed by atoms with Crippen LogP contribution in [-0.2, 0) is 6.54 Å². The Hall–Kier alpha value is -1.62. The summed E-state index contributed by atoms with van der Waals surface area (Å²) >= 11 is 5.86. The molecule has 2 aromatic rings. The first-order valence-electron chi connectivity index (χ1n) is 6.38. The van der Waals surface area contributed by atoms with Crippen molar-refractivity contribution >= 4 is 11.6 Å². The summed E-state index contributed by atoms with van der Waals surface area (Å²) in [4.78, 5) is 2.03. The lowest BCUT2D eigenvalue weighted by Crippen LogP contribution is -2.26. The van der Waals surface area contributed by atoms with Gasteiger partial charge in [0.2, 0.25) is 0 Å². The Morgan fingerprint density at radius 1 is 1.35 bits per heavy atom. The quantitative estimate of drug-likeness (QED) is 0.797. The van der Waals surface area contributed by atoms with Gasteiger partial charge in [0.15, 0.2) is 5.76 Å². The topological polar surface area (TPSA) is 49.5 Å². The van der Waals surface area contributed by atoms with Gasteiger partial charge < -0.3 is 9.63 Å². The lowest BCUT2D eigenvalue weighted by molar-refractivity contribution is 0.189. The van der Waals surface area contributed by atoms with Gasteiger partial charge in [-0.1, -0.05) is 35.0 Å². The summed E-state index contributed by atoms with van der Waals surface area (Å²) in [6, 6.07) is 9.34. The fourth-order valence-corrected chi connectivity index (χ4v) is 2.05. The maximum Gasteiger partial charge on any atom is 0.151 e. The molecule has 0 fully saturated rings. The SMILES string of the molecule is C=CCN(CCO)Cc1cc(-c2ccc(Cl)cc2)no1. The molecule has 4 nitrogen and oxygen atoms in total. The summed E-state index contributed by atoms with van der Waals surface area (Å²) < 4.78 is 5.33. The van der Waals surface area contributed by atoms with Crippen LogP contribution in [-0.4, -0.2) is 34.9 Å². The standard InChI is InChI=1S/C15H17ClN2O2/c1-2-7-18(8-9-19)11-14-10-15(17-20-14)12-3-5-13(16)6-4-12/h2-6,10,19H,1,7-9,11H2. The van der Waals surface area contributed by atoms with Crippen LogP contribution < -0.4 is 0 Å². The second-order valence-electron chi connectivity index (χ2n) is 4.43. The van der Waals surface area contributed by atoms with Crippen LogP contribution in [0, 0.1) is 0 Å². The van der Waals surface area contributed by atoms with E-state index in [1.54, 1.807) is 6.08 Å². The van der Waals surface area contributed by atoms with Crippen LogP contribution >= 0.6 is 11.6 Å². The number of nitrogens with zero attached hydrogens (tertiary/aromatic N) is 2. The molecule has 2 rings (SSSR count). The van der Waals surface area contributed by atoms with Gasteiger partial charge in [0.05, 0.1) is 13.2 Å².